The molecule has 2 aromatic rings. The molecule has 2 aromatic carbocycles. The summed E-state index contributed by atoms with van der Waals surface area (Å²) in [6, 6.07) is 16.7. The largest absolute Gasteiger partial charge is 0.341 e. The second kappa shape index (κ2) is 9.77. The van der Waals surface area contributed by atoms with E-state index in [2.05, 4.69) is 0 Å². The summed E-state index contributed by atoms with van der Waals surface area (Å²) in [6.07, 6.45) is 1.97. The Hall–Kier alpha value is -3.48. The van der Waals surface area contributed by atoms with E-state index in [1.165, 1.54) is 0 Å². The molecule has 2 aliphatic heterocycles. The number of carbonyl (C=O) groups is 4. The fourth-order valence-corrected chi connectivity index (χ4v) is 4.28. The van der Waals surface area contributed by atoms with Crippen LogP contribution in [0.15, 0.2) is 54.6 Å². The number of hydrogen-bond acceptors (Lipinski definition) is 4. The van der Waals surface area contributed by atoms with Crippen LogP contribution in [0.5, 0.6) is 0 Å². The molecule has 2 heterocycles. The molecule has 0 unspecified atom stereocenters. The van der Waals surface area contributed by atoms with Crippen molar-refractivity contribution in [1.29, 1.82) is 0 Å². The average molecular weight is 434 g/mol. The van der Waals surface area contributed by atoms with Gasteiger partial charge in [0.15, 0.2) is 0 Å². The van der Waals surface area contributed by atoms with E-state index in [-0.39, 0.29) is 36.6 Å². The lowest BCUT2D eigenvalue weighted by molar-refractivity contribution is -0.133. The highest BCUT2D eigenvalue weighted by Crippen LogP contribution is 2.22. The number of rotatable bonds is 6. The van der Waals surface area contributed by atoms with Crippen molar-refractivity contribution in [2.24, 2.45) is 0 Å². The standard InChI is InChI=1S/C25H27N3O4/c29-22(12-11-19-7-2-1-3-8-19)26-14-6-15-27(18-17-26)23(30)13-16-28-24(31)20-9-4-5-10-21(20)25(28)32/h1-5,7-10H,6,11-18H2. The van der Waals surface area contributed by atoms with Crippen LogP contribution in [0.1, 0.15) is 45.5 Å². The van der Waals surface area contributed by atoms with Crippen LogP contribution < -0.4 is 0 Å². The molecule has 1 fully saturated rings. The second-order valence-corrected chi connectivity index (χ2v) is 8.16. The summed E-state index contributed by atoms with van der Waals surface area (Å²) < 4.78 is 0. The van der Waals surface area contributed by atoms with Gasteiger partial charge in [-0.2, -0.15) is 0 Å². The molecule has 1 saturated heterocycles. The van der Waals surface area contributed by atoms with Crippen LogP contribution in [0, 0.1) is 0 Å². The van der Waals surface area contributed by atoms with Gasteiger partial charge in [0, 0.05) is 45.6 Å². The first-order chi connectivity index (χ1) is 15.5. The van der Waals surface area contributed by atoms with Crippen molar-refractivity contribution in [3.63, 3.8) is 0 Å². The number of benzene rings is 2. The molecule has 166 valence electrons. The maximum Gasteiger partial charge on any atom is 0.261 e. The fraction of sp³-hybridized carbons (Fsp3) is 0.360. The van der Waals surface area contributed by atoms with E-state index >= 15 is 0 Å². The SMILES string of the molecule is O=C(CCc1ccccc1)N1CCCN(C(=O)CCN2C(=O)c3ccccc3C2=O)CC1. The Morgan fingerprint density at radius 2 is 1.22 bits per heavy atom. The third-order valence-electron chi connectivity index (χ3n) is 6.10. The van der Waals surface area contributed by atoms with E-state index in [0.29, 0.717) is 50.1 Å². The van der Waals surface area contributed by atoms with Gasteiger partial charge in [-0.15, -0.1) is 0 Å². The van der Waals surface area contributed by atoms with E-state index in [1.807, 2.05) is 35.2 Å². The number of hydrogen-bond donors (Lipinski definition) is 0. The van der Waals surface area contributed by atoms with Gasteiger partial charge in [-0.3, -0.25) is 24.1 Å². The Morgan fingerprint density at radius 1 is 0.688 bits per heavy atom. The van der Waals surface area contributed by atoms with Crippen LogP contribution in [0.25, 0.3) is 0 Å². The number of carbonyl (C=O) groups excluding carboxylic acids is 4. The Labute approximate surface area is 187 Å². The number of amides is 4. The minimum Gasteiger partial charge on any atom is -0.341 e. The molecule has 7 nitrogen and oxygen atoms in total. The van der Waals surface area contributed by atoms with Crippen molar-refractivity contribution in [1.82, 2.24) is 14.7 Å². The molecule has 0 radical (unpaired) electrons. The molecule has 7 heteroatoms. The molecule has 0 saturated carbocycles. The van der Waals surface area contributed by atoms with Crippen LogP contribution in [-0.2, 0) is 16.0 Å². The normalized spacial score (nSPS) is 16.2. The average Bonchev–Trinajstić information content (AvgIpc) is 2.98. The highest BCUT2D eigenvalue weighted by atomic mass is 16.2. The summed E-state index contributed by atoms with van der Waals surface area (Å²) in [6.45, 7) is 2.25. The van der Waals surface area contributed by atoms with Crippen LogP contribution in [-0.4, -0.2) is 71.1 Å². The summed E-state index contributed by atoms with van der Waals surface area (Å²) in [5.74, 6) is -0.678. The van der Waals surface area contributed by atoms with Gasteiger partial charge in [-0.25, -0.2) is 0 Å². The van der Waals surface area contributed by atoms with E-state index in [1.54, 1.807) is 29.2 Å². The molecule has 2 aliphatic rings. The summed E-state index contributed by atoms with van der Waals surface area (Å²) in [5.41, 5.74) is 1.93. The summed E-state index contributed by atoms with van der Waals surface area (Å²) in [7, 11) is 0. The fourth-order valence-electron chi connectivity index (χ4n) is 4.28. The van der Waals surface area contributed by atoms with Gasteiger partial charge in [0.1, 0.15) is 0 Å². The van der Waals surface area contributed by atoms with Gasteiger partial charge in [0.2, 0.25) is 11.8 Å². The minimum absolute atomic E-state index is 0.0708. The first kappa shape index (κ1) is 21.7. The number of nitrogens with zero attached hydrogens (tertiary/aromatic N) is 3. The molecular formula is C25H27N3O4. The molecule has 0 bridgehead atoms. The quantitative estimate of drug-likeness (QED) is 0.656. The highest BCUT2D eigenvalue weighted by molar-refractivity contribution is 6.21. The predicted octanol–water partition coefficient (Wildman–Crippen LogP) is 2.37. The Balaban J connectivity index is 1.25. The number of fused-ring (bicyclic) bond motifs is 1. The lowest BCUT2D eigenvalue weighted by atomic mass is 10.1. The highest BCUT2D eigenvalue weighted by Gasteiger charge is 2.35. The predicted molar refractivity (Wildman–Crippen MR) is 119 cm³/mol. The number of aryl methyl sites for hydroxylation is 1. The van der Waals surface area contributed by atoms with Crippen LogP contribution in [0.4, 0.5) is 0 Å². The monoisotopic (exact) mass is 433 g/mol. The Morgan fingerprint density at radius 3 is 1.81 bits per heavy atom. The van der Waals surface area contributed by atoms with Gasteiger partial charge < -0.3 is 9.80 Å². The number of imide groups is 1. The first-order valence-electron chi connectivity index (χ1n) is 11.1. The van der Waals surface area contributed by atoms with Crippen molar-refractivity contribution >= 4 is 23.6 Å². The van der Waals surface area contributed by atoms with E-state index in [9.17, 15) is 19.2 Å². The lowest BCUT2D eigenvalue weighted by Crippen LogP contribution is -2.39. The zero-order valence-corrected chi connectivity index (χ0v) is 18.0. The van der Waals surface area contributed by atoms with Crippen molar-refractivity contribution in [3.05, 3.63) is 71.3 Å². The van der Waals surface area contributed by atoms with Gasteiger partial charge >= 0.3 is 0 Å². The van der Waals surface area contributed by atoms with E-state index in [4.69, 9.17) is 0 Å². The zero-order valence-electron chi connectivity index (χ0n) is 18.0. The first-order valence-corrected chi connectivity index (χ1v) is 11.1. The van der Waals surface area contributed by atoms with Gasteiger partial charge in [-0.1, -0.05) is 42.5 Å². The third kappa shape index (κ3) is 4.72. The molecule has 4 amide bonds. The second-order valence-electron chi connectivity index (χ2n) is 8.16. The minimum atomic E-state index is -0.343. The summed E-state index contributed by atoms with van der Waals surface area (Å²) in [4.78, 5) is 55.0. The van der Waals surface area contributed by atoms with Crippen LogP contribution in [0.2, 0.25) is 0 Å². The third-order valence-corrected chi connectivity index (χ3v) is 6.10. The molecule has 0 atom stereocenters. The lowest BCUT2D eigenvalue weighted by Gasteiger charge is -2.23. The van der Waals surface area contributed by atoms with Gasteiger partial charge in [0.05, 0.1) is 11.1 Å². The molecule has 4 rings (SSSR count). The maximum atomic E-state index is 12.8. The maximum absolute atomic E-state index is 12.8. The van der Waals surface area contributed by atoms with Crippen LogP contribution in [0.3, 0.4) is 0 Å². The topological polar surface area (TPSA) is 78.0 Å². The van der Waals surface area contributed by atoms with Crippen molar-refractivity contribution in [2.45, 2.75) is 25.7 Å². The molecular weight excluding hydrogens is 406 g/mol. The molecule has 0 aromatic heterocycles. The Bertz CT molecular complexity index is 986. The molecule has 0 N–H and O–H groups in total. The van der Waals surface area contributed by atoms with E-state index in [0.717, 1.165) is 16.9 Å². The summed E-state index contributed by atoms with van der Waals surface area (Å²) >= 11 is 0. The Kier molecular flexibility index (Phi) is 6.63. The van der Waals surface area contributed by atoms with Gasteiger partial charge in [0.25, 0.3) is 11.8 Å². The molecule has 0 spiro atoms. The van der Waals surface area contributed by atoms with Crippen molar-refractivity contribution in [2.75, 3.05) is 32.7 Å². The molecule has 0 aliphatic carbocycles. The van der Waals surface area contributed by atoms with Gasteiger partial charge in [-0.05, 0) is 30.5 Å². The van der Waals surface area contributed by atoms with Crippen molar-refractivity contribution in [3.8, 4) is 0 Å². The van der Waals surface area contributed by atoms with Crippen molar-refractivity contribution < 1.29 is 19.2 Å². The zero-order chi connectivity index (χ0) is 22.5. The van der Waals surface area contributed by atoms with Crippen LogP contribution >= 0.6 is 0 Å². The van der Waals surface area contributed by atoms with E-state index < -0.39 is 0 Å². The summed E-state index contributed by atoms with van der Waals surface area (Å²) in [5, 5.41) is 0. The molecule has 32 heavy (non-hydrogen) atoms. The smallest absolute Gasteiger partial charge is 0.261 e.